The zero-order chi connectivity index (χ0) is 14.6. The maximum Gasteiger partial charge on any atom is 0.228 e. The number of halogens is 1. The Morgan fingerprint density at radius 1 is 1.45 bits per heavy atom. The zero-order valence-corrected chi connectivity index (χ0v) is 13.2. The van der Waals surface area contributed by atoms with Gasteiger partial charge in [-0.3, -0.25) is 4.79 Å². The molecule has 20 heavy (non-hydrogen) atoms. The van der Waals surface area contributed by atoms with Gasteiger partial charge in [0.15, 0.2) is 0 Å². The van der Waals surface area contributed by atoms with E-state index in [0.717, 1.165) is 37.8 Å². The molecule has 0 spiro atoms. The summed E-state index contributed by atoms with van der Waals surface area (Å²) in [6.45, 7) is 4.39. The SMILES string of the molecule is CC1(C)CCCC1C(=O)Nc1cccc(CCCCl)c1. The molecule has 0 heterocycles. The van der Waals surface area contributed by atoms with Crippen molar-refractivity contribution in [1.82, 2.24) is 0 Å². The van der Waals surface area contributed by atoms with Crippen LogP contribution in [0.25, 0.3) is 0 Å². The highest BCUT2D eigenvalue weighted by Crippen LogP contribution is 2.43. The molecule has 0 radical (unpaired) electrons. The van der Waals surface area contributed by atoms with Crippen LogP contribution in [0, 0.1) is 11.3 Å². The number of anilines is 1. The number of aryl methyl sites for hydroxylation is 1. The third kappa shape index (κ3) is 3.76. The quantitative estimate of drug-likeness (QED) is 0.788. The van der Waals surface area contributed by atoms with Crippen molar-refractivity contribution >= 4 is 23.2 Å². The molecular weight excluding hydrogens is 270 g/mol. The Labute approximate surface area is 126 Å². The molecule has 2 rings (SSSR count). The molecule has 110 valence electrons. The van der Waals surface area contributed by atoms with E-state index in [0.29, 0.717) is 5.88 Å². The predicted molar refractivity (Wildman–Crippen MR) is 85.2 cm³/mol. The Morgan fingerprint density at radius 2 is 2.25 bits per heavy atom. The zero-order valence-electron chi connectivity index (χ0n) is 12.4. The third-order valence-electron chi connectivity index (χ3n) is 4.37. The fourth-order valence-corrected chi connectivity index (χ4v) is 3.25. The normalized spacial score (nSPS) is 20.9. The standard InChI is InChI=1S/C17H24ClNO/c1-17(2)10-4-9-15(17)16(20)19-14-8-3-6-13(12-14)7-5-11-18/h3,6,8,12,15H,4-5,7,9-11H2,1-2H3,(H,19,20). The summed E-state index contributed by atoms with van der Waals surface area (Å²) in [7, 11) is 0. The maximum absolute atomic E-state index is 12.4. The van der Waals surface area contributed by atoms with Crippen LogP contribution in [0.1, 0.15) is 45.1 Å². The number of hydrogen-bond donors (Lipinski definition) is 1. The predicted octanol–water partition coefficient (Wildman–Crippen LogP) is 4.62. The van der Waals surface area contributed by atoms with Crippen molar-refractivity contribution in [3.8, 4) is 0 Å². The molecule has 0 bridgehead atoms. The van der Waals surface area contributed by atoms with Crippen LogP contribution in [0.15, 0.2) is 24.3 Å². The number of carbonyl (C=O) groups excluding carboxylic acids is 1. The van der Waals surface area contributed by atoms with Gasteiger partial charge in [0.1, 0.15) is 0 Å². The molecule has 0 saturated heterocycles. The van der Waals surface area contributed by atoms with Gasteiger partial charge >= 0.3 is 0 Å². The van der Waals surface area contributed by atoms with Crippen LogP contribution in [0.2, 0.25) is 0 Å². The summed E-state index contributed by atoms with van der Waals surface area (Å²) in [4.78, 5) is 12.4. The van der Waals surface area contributed by atoms with Gasteiger partial charge in [0.2, 0.25) is 5.91 Å². The molecule has 3 heteroatoms. The summed E-state index contributed by atoms with van der Waals surface area (Å²) in [6, 6.07) is 8.11. The molecule has 1 atom stereocenters. The monoisotopic (exact) mass is 293 g/mol. The summed E-state index contributed by atoms with van der Waals surface area (Å²) < 4.78 is 0. The van der Waals surface area contributed by atoms with E-state index < -0.39 is 0 Å². The van der Waals surface area contributed by atoms with Crippen LogP contribution in [-0.2, 0) is 11.2 Å². The van der Waals surface area contributed by atoms with E-state index in [1.165, 1.54) is 5.56 Å². The average molecular weight is 294 g/mol. The van der Waals surface area contributed by atoms with Crippen molar-refractivity contribution in [3.05, 3.63) is 29.8 Å². The molecule has 1 N–H and O–H groups in total. The van der Waals surface area contributed by atoms with Crippen molar-refractivity contribution < 1.29 is 4.79 Å². The summed E-state index contributed by atoms with van der Waals surface area (Å²) >= 11 is 5.72. The van der Waals surface area contributed by atoms with E-state index in [-0.39, 0.29) is 17.2 Å². The van der Waals surface area contributed by atoms with Crippen molar-refractivity contribution in [2.24, 2.45) is 11.3 Å². The van der Waals surface area contributed by atoms with Gasteiger partial charge in [0.05, 0.1) is 0 Å². The summed E-state index contributed by atoms with van der Waals surface area (Å²) in [5.74, 6) is 0.975. The second kappa shape index (κ2) is 6.62. The molecular formula is C17H24ClNO. The van der Waals surface area contributed by atoms with Crippen LogP contribution in [-0.4, -0.2) is 11.8 Å². The Kier molecular flexibility index (Phi) is 5.09. The van der Waals surface area contributed by atoms with Crippen LogP contribution >= 0.6 is 11.6 Å². The number of nitrogens with one attached hydrogen (secondary N) is 1. The number of benzene rings is 1. The molecule has 1 unspecified atom stereocenters. The van der Waals surface area contributed by atoms with Crippen molar-refractivity contribution in [2.45, 2.75) is 46.0 Å². The van der Waals surface area contributed by atoms with E-state index in [9.17, 15) is 4.79 Å². The van der Waals surface area contributed by atoms with E-state index in [4.69, 9.17) is 11.6 Å². The van der Waals surface area contributed by atoms with E-state index in [1.807, 2.05) is 12.1 Å². The maximum atomic E-state index is 12.4. The highest BCUT2D eigenvalue weighted by atomic mass is 35.5. The lowest BCUT2D eigenvalue weighted by molar-refractivity contribution is -0.122. The second-order valence-corrected chi connectivity index (χ2v) is 6.79. The first-order valence-electron chi connectivity index (χ1n) is 7.49. The first-order valence-corrected chi connectivity index (χ1v) is 8.02. The first-order chi connectivity index (χ1) is 9.53. The molecule has 1 aliphatic carbocycles. The first kappa shape index (κ1) is 15.4. The largest absolute Gasteiger partial charge is 0.326 e. The van der Waals surface area contributed by atoms with Crippen LogP contribution in [0.5, 0.6) is 0 Å². The summed E-state index contributed by atoms with van der Waals surface area (Å²) in [5, 5.41) is 3.08. The molecule has 0 aromatic heterocycles. The van der Waals surface area contributed by atoms with Crippen molar-refractivity contribution in [3.63, 3.8) is 0 Å². The summed E-state index contributed by atoms with van der Waals surface area (Å²) in [6.07, 6.45) is 5.23. The third-order valence-corrected chi connectivity index (χ3v) is 4.63. The molecule has 2 nitrogen and oxygen atoms in total. The molecule has 1 aliphatic rings. The van der Waals surface area contributed by atoms with Gasteiger partial charge in [0, 0.05) is 17.5 Å². The highest BCUT2D eigenvalue weighted by molar-refractivity contribution is 6.17. The van der Waals surface area contributed by atoms with Gasteiger partial charge < -0.3 is 5.32 Å². The molecule has 1 aromatic carbocycles. The average Bonchev–Trinajstić information content (AvgIpc) is 2.76. The minimum atomic E-state index is 0.125. The smallest absolute Gasteiger partial charge is 0.228 e. The van der Waals surface area contributed by atoms with Gasteiger partial charge in [-0.1, -0.05) is 32.4 Å². The number of amides is 1. The lowest BCUT2D eigenvalue weighted by Gasteiger charge is -2.25. The molecule has 1 aromatic rings. The fraction of sp³-hybridized carbons (Fsp3) is 0.588. The van der Waals surface area contributed by atoms with Crippen molar-refractivity contribution in [1.29, 1.82) is 0 Å². The van der Waals surface area contributed by atoms with Gasteiger partial charge in [-0.25, -0.2) is 0 Å². The number of alkyl halides is 1. The lowest BCUT2D eigenvalue weighted by Crippen LogP contribution is -2.30. The van der Waals surface area contributed by atoms with E-state index >= 15 is 0 Å². The highest BCUT2D eigenvalue weighted by Gasteiger charge is 2.39. The molecule has 0 aliphatic heterocycles. The number of carbonyl (C=O) groups is 1. The Hall–Kier alpha value is -1.02. The number of hydrogen-bond acceptors (Lipinski definition) is 1. The molecule has 1 fully saturated rings. The lowest BCUT2D eigenvalue weighted by atomic mass is 9.81. The molecule has 1 amide bonds. The van der Waals surface area contributed by atoms with E-state index in [2.05, 4.69) is 31.3 Å². The van der Waals surface area contributed by atoms with Crippen LogP contribution in [0.4, 0.5) is 5.69 Å². The van der Waals surface area contributed by atoms with Gasteiger partial charge in [-0.15, -0.1) is 11.6 Å². The minimum absolute atomic E-state index is 0.125. The van der Waals surface area contributed by atoms with Gasteiger partial charge in [0.25, 0.3) is 0 Å². The van der Waals surface area contributed by atoms with Gasteiger partial charge in [-0.2, -0.15) is 0 Å². The Balaban J connectivity index is 2.00. The fourth-order valence-electron chi connectivity index (χ4n) is 3.12. The number of rotatable bonds is 5. The Bertz CT molecular complexity index is 470. The van der Waals surface area contributed by atoms with E-state index in [1.54, 1.807) is 0 Å². The summed E-state index contributed by atoms with van der Waals surface area (Å²) in [5.41, 5.74) is 2.26. The Morgan fingerprint density at radius 3 is 2.90 bits per heavy atom. The van der Waals surface area contributed by atoms with Crippen molar-refractivity contribution in [2.75, 3.05) is 11.2 Å². The van der Waals surface area contributed by atoms with Gasteiger partial charge in [-0.05, 0) is 48.8 Å². The topological polar surface area (TPSA) is 29.1 Å². The minimum Gasteiger partial charge on any atom is -0.326 e. The van der Waals surface area contributed by atoms with Crippen LogP contribution in [0.3, 0.4) is 0 Å². The molecule has 1 saturated carbocycles. The second-order valence-electron chi connectivity index (χ2n) is 6.42. The van der Waals surface area contributed by atoms with Crippen LogP contribution < -0.4 is 5.32 Å².